The monoisotopic (exact) mass is 312 g/mol. The van der Waals surface area contributed by atoms with Gasteiger partial charge in [0, 0.05) is 0 Å². The van der Waals surface area contributed by atoms with E-state index in [0.29, 0.717) is 18.3 Å². The van der Waals surface area contributed by atoms with E-state index in [2.05, 4.69) is 0 Å². The van der Waals surface area contributed by atoms with Crippen molar-refractivity contribution in [2.45, 2.75) is 31.8 Å². The van der Waals surface area contributed by atoms with Gasteiger partial charge in [0.05, 0.1) is 6.42 Å². The summed E-state index contributed by atoms with van der Waals surface area (Å²) < 4.78 is 5.72. The van der Waals surface area contributed by atoms with Crippen LogP contribution in [0.4, 0.5) is 0 Å². The lowest BCUT2D eigenvalue weighted by Gasteiger charge is -2.16. The van der Waals surface area contributed by atoms with Crippen molar-refractivity contribution in [2.24, 2.45) is 5.92 Å². The molecular weight excluding hydrogens is 292 g/mol. The number of carboxylic acid groups (broad SMARTS) is 1. The molecule has 2 N–H and O–H groups in total. The topological polar surface area (TPSA) is 66.8 Å². The fraction of sp³-hybridized carbons (Fsp3) is 0.316. The first-order valence-corrected chi connectivity index (χ1v) is 7.85. The van der Waals surface area contributed by atoms with E-state index in [1.165, 1.54) is 0 Å². The molecule has 1 atom stereocenters. The predicted octanol–water partition coefficient (Wildman–Crippen LogP) is 3.94. The molecule has 0 aromatic heterocycles. The molecule has 3 rings (SSSR count). The average molecular weight is 312 g/mol. The molecule has 120 valence electrons. The molecule has 1 fully saturated rings. The highest BCUT2D eigenvalue weighted by Gasteiger charge is 2.34. The summed E-state index contributed by atoms with van der Waals surface area (Å²) in [7, 11) is 0. The number of phenols is 1. The van der Waals surface area contributed by atoms with Gasteiger partial charge in [-0.3, -0.25) is 4.79 Å². The number of ether oxygens (including phenoxy) is 1. The van der Waals surface area contributed by atoms with Crippen molar-refractivity contribution in [1.29, 1.82) is 0 Å². The fourth-order valence-electron chi connectivity index (χ4n) is 2.86. The zero-order valence-electron chi connectivity index (χ0n) is 12.8. The molecule has 0 heterocycles. The third-order valence-corrected chi connectivity index (χ3v) is 4.23. The lowest BCUT2D eigenvalue weighted by Crippen LogP contribution is -2.08. The van der Waals surface area contributed by atoms with Gasteiger partial charge in [-0.05, 0) is 47.9 Å². The standard InChI is InChI=1S/C19H20O4/c20-17-9-8-15(16(11-19(21)22)14-6-7-14)10-18(17)23-12-13-4-2-1-3-5-13/h1-5,8-10,14,16,20H,6-7,11-12H2,(H,21,22). The number of hydrogen-bond donors (Lipinski definition) is 2. The van der Waals surface area contributed by atoms with Gasteiger partial charge in [0.1, 0.15) is 6.61 Å². The second-order valence-electron chi connectivity index (χ2n) is 6.04. The number of hydrogen-bond acceptors (Lipinski definition) is 3. The molecule has 0 aliphatic heterocycles. The maximum absolute atomic E-state index is 11.1. The smallest absolute Gasteiger partial charge is 0.303 e. The Morgan fingerprint density at radius 3 is 2.57 bits per heavy atom. The Hall–Kier alpha value is -2.49. The highest BCUT2D eigenvalue weighted by Crippen LogP contribution is 2.46. The summed E-state index contributed by atoms with van der Waals surface area (Å²) in [4.78, 5) is 11.1. The number of aliphatic carboxylic acids is 1. The van der Waals surface area contributed by atoms with Crippen LogP contribution in [0.3, 0.4) is 0 Å². The molecule has 4 nitrogen and oxygen atoms in total. The molecule has 1 aliphatic rings. The van der Waals surface area contributed by atoms with Gasteiger partial charge in [0.25, 0.3) is 0 Å². The lowest BCUT2D eigenvalue weighted by atomic mass is 9.91. The molecule has 0 amide bonds. The van der Waals surface area contributed by atoms with E-state index in [4.69, 9.17) is 9.84 Å². The molecule has 4 heteroatoms. The number of aromatic hydroxyl groups is 1. The van der Waals surface area contributed by atoms with Crippen LogP contribution in [0.5, 0.6) is 11.5 Å². The van der Waals surface area contributed by atoms with E-state index >= 15 is 0 Å². The van der Waals surface area contributed by atoms with Crippen LogP contribution in [0.1, 0.15) is 36.3 Å². The van der Waals surface area contributed by atoms with Crippen molar-refractivity contribution >= 4 is 5.97 Å². The van der Waals surface area contributed by atoms with Crippen LogP contribution < -0.4 is 4.74 Å². The Morgan fingerprint density at radius 1 is 1.17 bits per heavy atom. The Bertz CT molecular complexity index is 677. The Labute approximate surface area is 135 Å². The van der Waals surface area contributed by atoms with Crippen molar-refractivity contribution in [3.8, 4) is 11.5 Å². The van der Waals surface area contributed by atoms with Crippen molar-refractivity contribution in [3.05, 3.63) is 59.7 Å². The van der Waals surface area contributed by atoms with Gasteiger partial charge < -0.3 is 14.9 Å². The molecule has 1 aliphatic carbocycles. The summed E-state index contributed by atoms with van der Waals surface area (Å²) in [5.74, 6) is 0.114. The molecule has 1 saturated carbocycles. The SMILES string of the molecule is O=C(O)CC(c1ccc(O)c(OCc2ccccc2)c1)C1CC1. The molecule has 1 unspecified atom stereocenters. The first-order valence-electron chi connectivity index (χ1n) is 7.85. The second kappa shape index (κ2) is 6.73. The highest BCUT2D eigenvalue weighted by molar-refractivity contribution is 5.68. The van der Waals surface area contributed by atoms with E-state index in [9.17, 15) is 9.90 Å². The van der Waals surface area contributed by atoms with Crippen LogP contribution in [-0.4, -0.2) is 16.2 Å². The zero-order chi connectivity index (χ0) is 16.2. The Morgan fingerprint density at radius 2 is 1.91 bits per heavy atom. The summed E-state index contributed by atoms with van der Waals surface area (Å²) >= 11 is 0. The quantitative estimate of drug-likeness (QED) is 0.812. The number of phenolic OH excluding ortho intramolecular Hbond substituents is 1. The summed E-state index contributed by atoms with van der Waals surface area (Å²) in [6.07, 6.45) is 2.26. The van der Waals surface area contributed by atoms with Gasteiger partial charge in [-0.1, -0.05) is 36.4 Å². The predicted molar refractivity (Wildman–Crippen MR) is 86.6 cm³/mol. The summed E-state index contributed by atoms with van der Waals surface area (Å²) in [6, 6.07) is 14.9. The molecule has 0 bridgehead atoms. The summed E-state index contributed by atoms with van der Waals surface area (Å²) in [5, 5.41) is 19.1. The van der Waals surface area contributed by atoms with E-state index < -0.39 is 5.97 Å². The van der Waals surface area contributed by atoms with Crippen molar-refractivity contribution in [1.82, 2.24) is 0 Å². The maximum Gasteiger partial charge on any atom is 0.303 e. The van der Waals surface area contributed by atoms with E-state index in [-0.39, 0.29) is 18.1 Å². The highest BCUT2D eigenvalue weighted by atomic mass is 16.5. The molecule has 0 radical (unpaired) electrons. The minimum atomic E-state index is -0.790. The first-order chi connectivity index (χ1) is 11.1. The molecule has 0 spiro atoms. The normalized spacial score (nSPS) is 15.1. The molecular formula is C19H20O4. The van der Waals surface area contributed by atoms with Crippen LogP contribution in [-0.2, 0) is 11.4 Å². The van der Waals surface area contributed by atoms with Gasteiger partial charge >= 0.3 is 5.97 Å². The number of carboxylic acids is 1. The van der Waals surface area contributed by atoms with Crippen LogP contribution in [0.2, 0.25) is 0 Å². The largest absolute Gasteiger partial charge is 0.504 e. The van der Waals surface area contributed by atoms with Crippen molar-refractivity contribution < 1.29 is 19.7 Å². The first kappa shape index (κ1) is 15.4. The van der Waals surface area contributed by atoms with Gasteiger partial charge in [-0.2, -0.15) is 0 Å². The van der Waals surface area contributed by atoms with Gasteiger partial charge in [0.2, 0.25) is 0 Å². The van der Waals surface area contributed by atoms with Crippen LogP contribution in [0.25, 0.3) is 0 Å². The van der Waals surface area contributed by atoms with Gasteiger partial charge in [0.15, 0.2) is 11.5 Å². The third kappa shape index (κ3) is 4.03. The Balaban J connectivity index is 1.76. The van der Waals surface area contributed by atoms with Crippen molar-refractivity contribution in [2.75, 3.05) is 0 Å². The summed E-state index contributed by atoms with van der Waals surface area (Å²) in [6.45, 7) is 0.366. The number of carbonyl (C=O) groups is 1. The number of rotatable bonds is 7. The lowest BCUT2D eigenvalue weighted by molar-refractivity contribution is -0.137. The van der Waals surface area contributed by atoms with Crippen LogP contribution >= 0.6 is 0 Å². The molecule has 23 heavy (non-hydrogen) atoms. The van der Waals surface area contributed by atoms with E-state index in [1.54, 1.807) is 18.2 Å². The molecule has 0 saturated heterocycles. The summed E-state index contributed by atoms with van der Waals surface area (Å²) in [5.41, 5.74) is 1.94. The fourth-order valence-corrected chi connectivity index (χ4v) is 2.86. The van der Waals surface area contributed by atoms with Gasteiger partial charge in [-0.25, -0.2) is 0 Å². The van der Waals surface area contributed by atoms with Crippen LogP contribution in [0.15, 0.2) is 48.5 Å². The van der Waals surface area contributed by atoms with Crippen LogP contribution in [0, 0.1) is 5.92 Å². The number of benzene rings is 2. The van der Waals surface area contributed by atoms with E-state index in [0.717, 1.165) is 24.0 Å². The van der Waals surface area contributed by atoms with Gasteiger partial charge in [-0.15, -0.1) is 0 Å². The minimum absolute atomic E-state index is 0.00725. The molecule has 2 aromatic rings. The van der Waals surface area contributed by atoms with Crippen molar-refractivity contribution in [3.63, 3.8) is 0 Å². The van der Waals surface area contributed by atoms with E-state index in [1.807, 2.05) is 30.3 Å². The Kier molecular flexibility index (Phi) is 4.51. The maximum atomic E-state index is 11.1. The zero-order valence-corrected chi connectivity index (χ0v) is 12.8. The minimum Gasteiger partial charge on any atom is -0.504 e. The second-order valence-corrected chi connectivity index (χ2v) is 6.04. The third-order valence-electron chi connectivity index (χ3n) is 4.23. The molecule has 2 aromatic carbocycles. The average Bonchev–Trinajstić information content (AvgIpc) is 3.38.